The number of aryl methyl sites for hydroxylation is 1. The van der Waals surface area contributed by atoms with Crippen molar-refractivity contribution >= 4 is 11.6 Å². The number of halogens is 1. The third kappa shape index (κ3) is 3.59. The zero-order chi connectivity index (χ0) is 18.7. The third-order valence-electron chi connectivity index (χ3n) is 4.25. The van der Waals surface area contributed by atoms with Gasteiger partial charge in [-0.15, -0.1) is 0 Å². The number of carbonyl (C=O) groups is 1. The molecule has 1 unspecified atom stereocenters. The number of hydrogen-bond acceptors (Lipinski definition) is 3. The lowest BCUT2D eigenvalue weighted by Gasteiger charge is -2.20. The predicted octanol–water partition coefficient (Wildman–Crippen LogP) is 3.14. The van der Waals surface area contributed by atoms with E-state index in [-0.39, 0.29) is 11.7 Å². The first-order chi connectivity index (χ1) is 12.5. The van der Waals surface area contributed by atoms with E-state index in [0.717, 1.165) is 5.69 Å². The van der Waals surface area contributed by atoms with Gasteiger partial charge in [0.25, 0.3) is 5.91 Å². The summed E-state index contributed by atoms with van der Waals surface area (Å²) in [5.74, 6) is -0.108. The Labute approximate surface area is 152 Å². The fourth-order valence-electron chi connectivity index (χ4n) is 2.77. The number of imidazole rings is 1. The van der Waals surface area contributed by atoms with Crippen molar-refractivity contribution in [1.29, 1.82) is 0 Å². The highest BCUT2D eigenvalue weighted by Crippen LogP contribution is 2.24. The van der Waals surface area contributed by atoms with Gasteiger partial charge in [0.15, 0.2) is 0 Å². The van der Waals surface area contributed by atoms with E-state index < -0.39 is 6.04 Å². The molecule has 0 bridgehead atoms. The molecule has 0 aliphatic carbocycles. The number of carbonyl (C=O) groups excluding carboxylic acids is 1. The Hall–Kier alpha value is -3.15. The number of anilines is 1. The van der Waals surface area contributed by atoms with E-state index in [4.69, 9.17) is 0 Å². The van der Waals surface area contributed by atoms with Crippen LogP contribution in [0, 0.1) is 5.82 Å². The van der Waals surface area contributed by atoms with Crippen LogP contribution in [0.5, 0.6) is 0 Å². The van der Waals surface area contributed by atoms with Gasteiger partial charge < -0.3 is 14.8 Å². The monoisotopic (exact) mass is 352 g/mol. The van der Waals surface area contributed by atoms with Gasteiger partial charge in [0, 0.05) is 50.4 Å². The predicted molar refractivity (Wildman–Crippen MR) is 99.7 cm³/mol. The Morgan fingerprint density at radius 1 is 1.15 bits per heavy atom. The van der Waals surface area contributed by atoms with Crippen LogP contribution in [0.3, 0.4) is 0 Å². The summed E-state index contributed by atoms with van der Waals surface area (Å²) in [7, 11) is 5.68. The molecule has 6 heteroatoms. The number of nitrogens with one attached hydrogen (secondary N) is 1. The van der Waals surface area contributed by atoms with E-state index in [2.05, 4.69) is 10.3 Å². The minimum Gasteiger partial charge on any atom is -0.378 e. The maximum absolute atomic E-state index is 14.4. The molecule has 0 aliphatic heterocycles. The maximum Gasteiger partial charge on any atom is 0.252 e. The molecule has 3 aromatic rings. The van der Waals surface area contributed by atoms with Crippen molar-refractivity contribution in [3.05, 3.63) is 83.7 Å². The number of nitrogens with zero attached hydrogens (tertiary/aromatic N) is 3. The van der Waals surface area contributed by atoms with Gasteiger partial charge in [-0.25, -0.2) is 9.37 Å². The lowest BCUT2D eigenvalue weighted by molar-refractivity contribution is 0.0940. The molecule has 1 atom stereocenters. The highest BCUT2D eigenvalue weighted by atomic mass is 19.1. The molecule has 5 nitrogen and oxygen atoms in total. The van der Waals surface area contributed by atoms with Crippen LogP contribution in [0.15, 0.2) is 60.9 Å². The number of benzene rings is 2. The van der Waals surface area contributed by atoms with Crippen molar-refractivity contribution in [3.63, 3.8) is 0 Å². The van der Waals surface area contributed by atoms with Crippen LogP contribution in [0.1, 0.15) is 27.8 Å². The van der Waals surface area contributed by atoms with Gasteiger partial charge in [-0.05, 0) is 30.3 Å². The minimum absolute atomic E-state index is 0.286. The van der Waals surface area contributed by atoms with Crippen molar-refractivity contribution in [1.82, 2.24) is 14.9 Å². The summed E-state index contributed by atoms with van der Waals surface area (Å²) in [4.78, 5) is 19.0. The van der Waals surface area contributed by atoms with Crippen LogP contribution in [-0.4, -0.2) is 29.6 Å². The standard InChI is InChI=1S/C20H21FN4O/c1-24(2)15-10-8-14(9-11-15)20(26)23-18(19-22-12-13-25(19)3)16-6-4-5-7-17(16)21/h4-13,18H,1-3H3,(H,23,26). The molecular formula is C20H21FN4O. The molecule has 2 aromatic carbocycles. The Morgan fingerprint density at radius 3 is 2.42 bits per heavy atom. The number of hydrogen-bond donors (Lipinski definition) is 1. The fourth-order valence-corrected chi connectivity index (χ4v) is 2.77. The summed E-state index contributed by atoms with van der Waals surface area (Å²) in [6.45, 7) is 0. The Balaban J connectivity index is 1.92. The molecule has 0 aliphatic rings. The van der Waals surface area contributed by atoms with Gasteiger partial charge in [0.1, 0.15) is 17.7 Å². The summed E-state index contributed by atoms with van der Waals surface area (Å²) in [5.41, 5.74) is 1.88. The Bertz CT molecular complexity index is 902. The van der Waals surface area contributed by atoms with Crippen molar-refractivity contribution in [2.24, 2.45) is 7.05 Å². The molecule has 0 saturated heterocycles. The maximum atomic E-state index is 14.4. The van der Waals surface area contributed by atoms with Crippen molar-refractivity contribution in [2.75, 3.05) is 19.0 Å². The molecular weight excluding hydrogens is 331 g/mol. The molecule has 3 rings (SSSR count). The smallest absolute Gasteiger partial charge is 0.252 e. The second-order valence-electron chi connectivity index (χ2n) is 6.27. The van der Waals surface area contributed by atoms with Crippen molar-refractivity contribution < 1.29 is 9.18 Å². The van der Waals surface area contributed by atoms with Gasteiger partial charge in [-0.3, -0.25) is 4.79 Å². The molecule has 0 saturated carbocycles. The molecule has 26 heavy (non-hydrogen) atoms. The average molecular weight is 352 g/mol. The first kappa shape index (κ1) is 17.7. The first-order valence-corrected chi connectivity index (χ1v) is 8.27. The SMILES string of the molecule is CN(C)c1ccc(C(=O)NC(c2ccccc2F)c2nccn2C)cc1. The molecule has 1 heterocycles. The fraction of sp³-hybridized carbons (Fsp3) is 0.200. The quantitative estimate of drug-likeness (QED) is 0.767. The second-order valence-corrected chi connectivity index (χ2v) is 6.27. The summed E-state index contributed by atoms with van der Waals surface area (Å²) in [6, 6.07) is 13.0. The first-order valence-electron chi connectivity index (χ1n) is 8.27. The van der Waals surface area contributed by atoms with Crippen LogP contribution >= 0.6 is 0 Å². The van der Waals surface area contributed by atoms with Crippen LogP contribution in [0.25, 0.3) is 0 Å². The summed E-state index contributed by atoms with van der Waals surface area (Å²) in [5, 5.41) is 2.91. The van der Waals surface area contributed by atoms with E-state index in [0.29, 0.717) is 17.0 Å². The number of aromatic nitrogens is 2. The van der Waals surface area contributed by atoms with E-state index in [9.17, 15) is 9.18 Å². The summed E-state index contributed by atoms with van der Waals surface area (Å²) in [6.07, 6.45) is 3.39. The molecule has 1 amide bonds. The average Bonchev–Trinajstić information content (AvgIpc) is 3.06. The lowest BCUT2D eigenvalue weighted by atomic mass is 10.0. The second kappa shape index (κ2) is 7.39. The summed E-state index contributed by atoms with van der Waals surface area (Å²) >= 11 is 0. The van der Waals surface area contributed by atoms with E-state index >= 15 is 0 Å². The minimum atomic E-state index is -0.683. The van der Waals surface area contributed by atoms with Gasteiger partial charge in [0.05, 0.1) is 0 Å². The zero-order valence-corrected chi connectivity index (χ0v) is 15.0. The molecule has 0 radical (unpaired) electrons. The highest BCUT2D eigenvalue weighted by Gasteiger charge is 2.24. The van der Waals surface area contributed by atoms with Crippen LogP contribution < -0.4 is 10.2 Å². The van der Waals surface area contributed by atoms with Crippen molar-refractivity contribution in [2.45, 2.75) is 6.04 Å². The van der Waals surface area contributed by atoms with Crippen LogP contribution in [0.4, 0.5) is 10.1 Å². The largest absolute Gasteiger partial charge is 0.378 e. The van der Waals surface area contributed by atoms with E-state index in [1.165, 1.54) is 6.07 Å². The topological polar surface area (TPSA) is 50.2 Å². The zero-order valence-electron chi connectivity index (χ0n) is 15.0. The Morgan fingerprint density at radius 2 is 1.85 bits per heavy atom. The normalized spacial score (nSPS) is 11.8. The van der Waals surface area contributed by atoms with E-state index in [1.807, 2.05) is 38.2 Å². The van der Waals surface area contributed by atoms with E-state index in [1.54, 1.807) is 47.3 Å². The number of rotatable bonds is 5. The van der Waals surface area contributed by atoms with Gasteiger partial charge in [-0.2, -0.15) is 0 Å². The van der Waals surface area contributed by atoms with Gasteiger partial charge in [-0.1, -0.05) is 18.2 Å². The highest BCUT2D eigenvalue weighted by molar-refractivity contribution is 5.95. The van der Waals surface area contributed by atoms with Crippen molar-refractivity contribution in [3.8, 4) is 0 Å². The van der Waals surface area contributed by atoms with Crippen LogP contribution in [-0.2, 0) is 7.05 Å². The molecule has 0 spiro atoms. The lowest BCUT2D eigenvalue weighted by Crippen LogP contribution is -2.31. The number of amides is 1. The molecule has 1 N–H and O–H groups in total. The summed E-state index contributed by atoms with van der Waals surface area (Å²) < 4.78 is 16.1. The molecule has 0 fully saturated rings. The third-order valence-corrected chi connectivity index (χ3v) is 4.25. The molecule has 1 aromatic heterocycles. The van der Waals surface area contributed by atoms with Gasteiger partial charge >= 0.3 is 0 Å². The van der Waals surface area contributed by atoms with Gasteiger partial charge in [0.2, 0.25) is 0 Å². The molecule has 134 valence electrons. The Kier molecular flexibility index (Phi) is 5.02. The van der Waals surface area contributed by atoms with Crippen LogP contribution in [0.2, 0.25) is 0 Å².